The van der Waals surface area contributed by atoms with Crippen molar-refractivity contribution in [3.63, 3.8) is 0 Å². The molecule has 0 aliphatic rings. The third-order valence-corrected chi connectivity index (χ3v) is 5.87. The number of benzene rings is 1. The molecular formula is C25H28N2O5. The van der Waals surface area contributed by atoms with Crippen LogP contribution in [0.15, 0.2) is 47.1 Å². The van der Waals surface area contributed by atoms with Crippen LogP contribution < -0.4 is 0 Å². The molecule has 0 radical (unpaired) electrons. The predicted octanol–water partition coefficient (Wildman–Crippen LogP) is 4.24. The molecule has 0 fully saturated rings. The Morgan fingerprint density at radius 2 is 1.75 bits per heavy atom. The van der Waals surface area contributed by atoms with Crippen molar-refractivity contribution in [2.24, 2.45) is 7.05 Å². The Morgan fingerprint density at radius 3 is 2.31 bits per heavy atom. The number of ether oxygens (including phenoxy) is 1. The van der Waals surface area contributed by atoms with E-state index < -0.39 is 12.0 Å². The number of esters is 1. The van der Waals surface area contributed by atoms with Gasteiger partial charge in [-0.1, -0.05) is 17.7 Å². The number of rotatable bonds is 7. The molecule has 3 rings (SSSR count). The number of nitrogens with zero attached hydrogens (tertiary/aromatic N) is 2. The quantitative estimate of drug-likeness (QED) is 0.409. The van der Waals surface area contributed by atoms with Crippen LogP contribution >= 0.6 is 0 Å². The molecule has 32 heavy (non-hydrogen) atoms. The Kier molecular flexibility index (Phi) is 6.67. The Balaban J connectivity index is 2.02. The molecule has 0 aliphatic carbocycles. The highest BCUT2D eigenvalue weighted by Crippen LogP contribution is 2.26. The minimum absolute atomic E-state index is 0.140. The SMILES string of the molecule is COC(=O)c1c(C)c(C(=O)C(C)N(Cc2ccco2)C(=O)c2ccc(C)cc2)c(C)n1C. The van der Waals surface area contributed by atoms with Gasteiger partial charge in [-0.2, -0.15) is 0 Å². The highest BCUT2D eigenvalue weighted by molar-refractivity contribution is 6.07. The molecule has 0 saturated heterocycles. The van der Waals surface area contributed by atoms with Crippen molar-refractivity contribution in [2.75, 3.05) is 7.11 Å². The van der Waals surface area contributed by atoms with Gasteiger partial charge in [0.1, 0.15) is 11.5 Å². The second-order valence-corrected chi connectivity index (χ2v) is 7.90. The van der Waals surface area contributed by atoms with Crippen LogP contribution in [0.3, 0.4) is 0 Å². The normalized spacial score (nSPS) is 11.8. The Morgan fingerprint density at radius 1 is 1.09 bits per heavy atom. The monoisotopic (exact) mass is 436 g/mol. The van der Waals surface area contributed by atoms with Crippen LogP contribution in [0.25, 0.3) is 0 Å². The van der Waals surface area contributed by atoms with Gasteiger partial charge in [-0.15, -0.1) is 0 Å². The second-order valence-electron chi connectivity index (χ2n) is 7.90. The summed E-state index contributed by atoms with van der Waals surface area (Å²) in [6.45, 7) is 7.28. The predicted molar refractivity (Wildman–Crippen MR) is 120 cm³/mol. The van der Waals surface area contributed by atoms with Crippen LogP contribution in [-0.2, 0) is 18.3 Å². The van der Waals surface area contributed by atoms with Crippen LogP contribution in [-0.4, -0.2) is 40.3 Å². The molecule has 0 spiro atoms. The fourth-order valence-electron chi connectivity index (χ4n) is 3.89. The van der Waals surface area contributed by atoms with Crippen LogP contribution in [0.4, 0.5) is 0 Å². The molecule has 1 unspecified atom stereocenters. The number of amides is 1. The first-order valence-electron chi connectivity index (χ1n) is 10.4. The zero-order chi connectivity index (χ0) is 23.6. The van der Waals surface area contributed by atoms with Crippen molar-refractivity contribution in [1.29, 1.82) is 0 Å². The van der Waals surface area contributed by atoms with E-state index in [1.807, 2.05) is 19.1 Å². The first-order valence-corrected chi connectivity index (χ1v) is 10.4. The zero-order valence-corrected chi connectivity index (χ0v) is 19.3. The summed E-state index contributed by atoms with van der Waals surface area (Å²) in [7, 11) is 3.02. The minimum atomic E-state index is -0.792. The van der Waals surface area contributed by atoms with Gasteiger partial charge >= 0.3 is 5.97 Å². The summed E-state index contributed by atoms with van der Waals surface area (Å²) in [5, 5.41) is 0. The maximum absolute atomic E-state index is 13.6. The lowest BCUT2D eigenvalue weighted by Gasteiger charge is -2.28. The maximum atomic E-state index is 13.6. The molecule has 0 bridgehead atoms. The topological polar surface area (TPSA) is 81.8 Å². The van der Waals surface area contributed by atoms with Gasteiger partial charge in [0.2, 0.25) is 0 Å². The molecule has 1 atom stereocenters. The number of furan rings is 1. The molecule has 1 amide bonds. The van der Waals surface area contributed by atoms with Crippen molar-refractivity contribution < 1.29 is 23.5 Å². The van der Waals surface area contributed by atoms with Gasteiger partial charge in [0.15, 0.2) is 5.78 Å². The molecule has 0 N–H and O–H groups in total. The standard InChI is InChI=1S/C25H28N2O5/c1-15-9-11-19(12-10-15)24(29)27(14-20-8-7-13-32-20)18(4)23(28)21-16(2)22(25(30)31-6)26(5)17(21)3/h7-13,18H,14H2,1-6H3. The van der Waals surface area contributed by atoms with E-state index in [2.05, 4.69) is 0 Å². The Hall–Kier alpha value is -3.61. The molecule has 7 nitrogen and oxygen atoms in total. The number of carbonyl (C=O) groups excluding carboxylic acids is 3. The van der Waals surface area contributed by atoms with Crippen LogP contribution in [0.2, 0.25) is 0 Å². The van der Waals surface area contributed by atoms with Crippen LogP contribution in [0.5, 0.6) is 0 Å². The van der Waals surface area contributed by atoms with Crippen LogP contribution in [0.1, 0.15) is 60.7 Å². The van der Waals surface area contributed by atoms with Gasteiger partial charge in [-0.05, 0) is 57.5 Å². The summed E-state index contributed by atoms with van der Waals surface area (Å²) in [5.74, 6) is -0.468. The lowest BCUT2D eigenvalue weighted by atomic mass is 9.99. The number of ketones is 1. The average Bonchev–Trinajstić information content (AvgIpc) is 3.37. The molecule has 0 saturated carbocycles. The van der Waals surface area contributed by atoms with E-state index in [0.29, 0.717) is 33.8 Å². The smallest absolute Gasteiger partial charge is 0.354 e. The van der Waals surface area contributed by atoms with Gasteiger partial charge in [0.05, 0.1) is 26.0 Å². The van der Waals surface area contributed by atoms with E-state index in [-0.39, 0.29) is 18.2 Å². The first kappa shape index (κ1) is 23.1. The number of carbonyl (C=O) groups is 3. The lowest BCUT2D eigenvalue weighted by Crippen LogP contribution is -2.43. The number of hydrogen-bond acceptors (Lipinski definition) is 5. The minimum Gasteiger partial charge on any atom is -0.467 e. The molecule has 2 heterocycles. The Bertz CT molecular complexity index is 1140. The van der Waals surface area contributed by atoms with E-state index >= 15 is 0 Å². The van der Waals surface area contributed by atoms with Crippen molar-refractivity contribution in [3.05, 3.63) is 82.1 Å². The fourth-order valence-corrected chi connectivity index (χ4v) is 3.89. The van der Waals surface area contributed by atoms with E-state index in [1.54, 1.807) is 56.7 Å². The van der Waals surface area contributed by atoms with E-state index in [4.69, 9.17) is 9.15 Å². The lowest BCUT2D eigenvalue weighted by molar-refractivity contribution is 0.0586. The third-order valence-electron chi connectivity index (χ3n) is 5.87. The Labute approximate surface area is 187 Å². The van der Waals surface area contributed by atoms with Crippen molar-refractivity contribution in [3.8, 4) is 0 Å². The van der Waals surface area contributed by atoms with E-state index in [9.17, 15) is 14.4 Å². The summed E-state index contributed by atoms with van der Waals surface area (Å²) in [6.07, 6.45) is 1.53. The molecule has 2 aromatic heterocycles. The van der Waals surface area contributed by atoms with Crippen LogP contribution in [0, 0.1) is 20.8 Å². The van der Waals surface area contributed by atoms with Gasteiger partial charge in [0.25, 0.3) is 5.91 Å². The highest BCUT2D eigenvalue weighted by Gasteiger charge is 2.33. The molecule has 3 aromatic rings. The molecule has 0 aliphatic heterocycles. The van der Waals surface area contributed by atoms with E-state index in [0.717, 1.165) is 5.56 Å². The zero-order valence-electron chi connectivity index (χ0n) is 19.3. The van der Waals surface area contributed by atoms with E-state index in [1.165, 1.54) is 18.3 Å². The second kappa shape index (κ2) is 9.26. The molecule has 1 aromatic carbocycles. The van der Waals surface area contributed by atoms with Gasteiger partial charge in [-0.3, -0.25) is 9.59 Å². The van der Waals surface area contributed by atoms with Gasteiger partial charge < -0.3 is 18.6 Å². The van der Waals surface area contributed by atoms with Crippen molar-refractivity contribution in [1.82, 2.24) is 9.47 Å². The average molecular weight is 437 g/mol. The summed E-state index contributed by atoms with van der Waals surface area (Å²) in [4.78, 5) is 40.8. The number of hydrogen-bond donors (Lipinski definition) is 0. The molecular weight excluding hydrogens is 408 g/mol. The summed E-state index contributed by atoms with van der Waals surface area (Å²) >= 11 is 0. The maximum Gasteiger partial charge on any atom is 0.354 e. The van der Waals surface area contributed by atoms with Crippen molar-refractivity contribution >= 4 is 17.7 Å². The third kappa shape index (κ3) is 4.23. The largest absolute Gasteiger partial charge is 0.467 e. The van der Waals surface area contributed by atoms with Gasteiger partial charge in [0, 0.05) is 23.9 Å². The highest BCUT2D eigenvalue weighted by atomic mass is 16.5. The molecule has 7 heteroatoms. The number of aryl methyl sites for hydroxylation is 1. The first-order chi connectivity index (χ1) is 15.2. The summed E-state index contributed by atoms with van der Waals surface area (Å²) in [5.41, 5.74) is 3.44. The number of methoxy groups -OCH3 is 1. The number of Topliss-reactive ketones (excluding diaryl/α,β-unsaturated/α-hetero) is 1. The fraction of sp³-hybridized carbons (Fsp3) is 0.320. The molecule has 168 valence electrons. The number of aromatic nitrogens is 1. The van der Waals surface area contributed by atoms with Gasteiger partial charge in [-0.25, -0.2) is 4.79 Å². The summed E-state index contributed by atoms with van der Waals surface area (Å²) < 4.78 is 12.0. The van der Waals surface area contributed by atoms with Crippen molar-refractivity contribution in [2.45, 2.75) is 40.3 Å². The summed E-state index contributed by atoms with van der Waals surface area (Å²) in [6, 6.07) is 9.93.